The molecule has 1 amide bonds. The molecule has 2 fully saturated rings. The fourth-order valence-corrected chi connectivity index (χ4v) is 1.65. The first-order valence-corrected chi connectivity index (χ1v) is 4.40. The topological polar surface area (TPSA) is 47.6 Å². The highest BCUT2D eigenvalue weighted by Gasteiger charge is 2.38. The summed E-state index contributed by atoms with van der Waals surface area (Å²) in [6.45, 7) is 1.17. The third-order valence-electron chi connectivity index (χ3n) is 2.24. The van der Waals surface area contributed by atoms with Gasteiger partial charge in [0.05, 0.1) is 13.2 Å². The first-order chi connectivity index (χ1) is 5.81. The van der Waals surface area contributed by atoms with Gasteiger partial charge in [0.25, 0.3) is 5.91 Å². The van der Waals surface area contributed by atoms with E-state index in [0.717, 1.165) is 19.3 Å². The van der Waals surface area contributed by atoms with E-state index in [1.165, 1.54) is 0 Å². The molecule has 0 aromatic rings. The van der Waals surface area contributed by atoms with Gasteiger partial charge in [-0.3, -0.25) is 4.79 Å². The zero-order valence-corrected chi connectivity index (χ0v) is 6.97. The van der Waals surface area contributed by atoms with Crippen LogP contribution in [-0.2, 0) is 14.3 Å². The first kappa shape index (κ1) is 8.01. The lowest BCUT2D eigenvalue weighted by Gasteiger charge is -2.25. The van der Waals surface area contributed by atoms with Crippen LogP contribution < -0.4 is 5.32 Å². The van der Waals surface area contributed by atoms with Crippen molar-refractivity contribution in [3.05, 3.63) is 0 Å². The van der Waals surface area contributed by atoms with Crippen LogP contribution in [0, 0.1) is 0 Å². The van der Waals surface area contributed by atoms with Gasteiger partial charge in [-0.1, -0.05) is 0 Å². The van der Waals surface area contributed by atoms with Crippen LogP contribution in [0.2, 0.25) is 0 Å². The van der Waals surface area contributed by atoms with Crippen LogP contribution in [0.5, 0.6) is 0 Å². The molecule has 0 aromatic heterocycles. The van der Waals surface area contributed by atoms with E-state index in [-0.39, 0.29) is 5.91 Å². The maximum Gasteiger partial charge on any atom is 0.251 e. The van der Waals surface area contributed by atoms with E-state index in [4.69, 9.17) is 9.47 Å². The van der Waals surface area contributed by atoms with Gasteiger partial charge >= 0.3 is 0 Å². The summed E-state index contributed by atoms with van der Waals surface area (Å²) >= 11 is 0. The molecule has 2 aliphatic rings. The molecule has 68 valence electrons. The van der Waals surface area contributed by atoms with Gasteiger partial charge in [0.15, 0.2) is 0 Å². The van der Waals surface area contributed by atoms with E-state index in [1.54, 1.807) is 0 Å². The molecule has 2 saturated heterocycles. The Kier molecular flexibility index (Phi) is 2.02. The highest BCUT2D eigenvalue weighted by Crippen LogP contribution is 2.25. The predicted molar refractivity (Wildman–Crippen MR) is 41.2 cm³/mol. The van der Waals surface area contributed by atoms with Crippen LogP contribution in [0.3, 0.4) is 0 Å². The second kappa shape index (κ2) is 3.03. The minimum atomic E-state index is -0.770. The van der Waals surface area contributed by atoms with Crippen LogP contribution >= 0.6 is 0 Å². The smallest absolute Gasteiger partial charge is 0.251 e. The molecular weight excluding hydrogens is 158 g/mol. The number of rotatable bonds is 0. The molecule has 0 saturated carbocycles. The van der Waals surface area contributed by atoms with E-state index in [9.17, 15) is 4.79 Å². The van der Waals surface area contributed by atoms with Gasteiger partial charge in [-0.05, 0) is 12.8 Å². The highest BCUT2D eigenvalue weighted by atomic mass is 16.8. The van der Waals surface area contributed by atoms with Crippen LogP contribution in [0.15, 0.2) is 0 Å². The summed E-state index contributed by atoms with van der Waals surface area (Å²) < 4.78 is 10.8. The maximum atomic E-state index is 11.2. The van der Waals surface area contributed by atoms with Crippen LogP contribution in [0.25, 0.3) is 0 Å². The number of ether oxygens (including phenoxy) is 2. The number of hydrogen-bond acceptors (Lipinski definition) is 3. The SMILES string of the molecule is O=C1CCCCC2(N1)OCCO2. The molecular formula is C8H13NO3. The molecule has 4 heteroatoms. The van der Waals surface area contributed by atoms with Crippen LogP contribution in [0.1, 0.15) is 25.7 Å². The minimum absolute atomic E-state index is 0.0365. The Bertz CT molecular complexity index is 187. The molecule has 4 nitrogen and oxygen atoms in total. The van der Waals surface area contributed by atoms with Crippen molar-refractivity contribution in [2.45, 2.75) is 31.6 Å². The molecule has 2 heterocycles. The zero-order chi connectivity index (χ0) is 8.44. The van der Waals surface area contributed by atoms with Crippen molar-refractivity contribution in [2.24, 2.45) is 0 Å². The van der Waals surface area contributed by atoms with Gasteiger partial charge in [-0.15, -0.1) is 0 Å². The Hall–Kier alpha value is -0.610. The fraction of sp³-hybridized carbons (Fsp3) is 0.875. The number of hydrogen-bond donors (Lipinski definition) is 1. The normalized spacial score (nSPS) is 28.5. The number of amides is 1. The highest BCUT2D eigenvalue weighted by molar-refractivity contribution is 5.76. The number of carbonyl (C=O) groups excluding carboxylic acids is 1. The Labute approximate surface area is 71.2 Å². The van der Waals surface area contributed by atoms with Crippen molar-refractivity contribution >= 4 is 5.91 Å². The number of nitrogens with one attached hydrogen (secondary N) is 1. The van der Waals surface area contributed by atoms with Crippen molar-refractivity contribution in [2.75, 3.05) is 13.2 Å². The Morgan fingerprint density at radius 2 is 2.00 bits per heavy atom. The monoisotopic (exact) mass is 171 g/mol. The molecule has 0 atom stereocenters. The van der Waals surface area contributed by atoms with Crippen molar-refractivity contribution in [1.29, 1.82) is 0 Å². The molecule has 0 unspecified atom stereocenters. The summed E-state index contributed by atoms with van der Waals surface area (Å²) in [5.74, 6) is -0.734. The fourth-order valence-electron chi connectivity index (χ4n) is 1.65. The summed E-state index contributed by atoms with van der Waals surface area (Å²) in [5, 5.41) is 2.77. The molecule has 2 rings (SSSR count). The van der Waals surface area contributed by atoms with Gasteiger partial charge in [0, 0.05) is 12.8 Å². The van der Waals surface area contributed by atoms with E-state index >= 15 is 0 Å². The van der Waals surface area contributed by atoms with Crippen molar-refractivity contribution < 1.29 is 14.3 Å². The summed E-state index contributed by atoms with van der Waals surface area (Å²) in [5.41, 5.74) is 0. The Balaban J connectivity index is 2.07. The molecule has 1 N–H and O–H groups in total. The maximum absolute atomic E-state index is 11.2. The van der Waals surface area contributed by atoms with Gasteiger partial charge < -0.3 is 14.8 Å². The largest absolute Gasteiger partial charge is 0.330 e. The second-order valence-electron chi connectivity index (χ2n) is 3.21. The molecule has 0 aliphatic carbocycles. The lowest BCUT2D eigenvalue weighted by molar-refractivity contribution is -0.187. The molecule has 2 aliphatic heterocycles. The van der Waals surface area contributed by atoms with E-state index in [2.05, 4.69) is 5.32 Å². The minimum Gasteiger partial charge on any atom is -0.330 e. The standard InChI is InChI=1S/C8H13NO3/c10-7-3-1-2-4-8(9-7)11-5-6-12-8/h1-6H2,(H,9,10). The third kappa shape index (κ3) is 1.44. The summed E-state index contributed by atoms with van der Waals surface area (Å²) in [7, 11) is 0. The Morgan fingerprint density at radius 3 is 2.75 bits per heavy atom. The van der Waals surface area contributed by atoms with E-state index in [1.807, 2.05) is 0 Å². The molecule has 0 radical (unpaired) electrons. The zero-order valence-electron chi connectivity index (χ0n) is 6.97. The predicted octanol–water partition coefficient (Wildman–Crippen LogP) is 0.377. The van der Waals surface area contributed by atoms with Crippen molar-refractivity contribution in [3.8, 4) is 0 Å². The van der Waals surface area contributed by atoms with E-state index < -0.39 is 5.91 Å². The average molecular weight is 171 g/mol. The van der Waals surface area contributed by atoms with Crippen molar-refractivity contribution in [1.82, 2.24) is 5.32 Å². The summed E-state index contributed by atoms with van der Waals surface area (Å²) in [6.07, 6.45) is 3.28. The van der Waals surface area contributed by atoms with E-state index in [0.29, 0.717) is 19.6 Å². The lowest BCUT2D eigenvalue weighted by atomic mass is 10.2. The Morgan fingerprint density at radius 1 is 1.25 bits per heavy atom. The summed E-state index contributed by atoms with van der Waals surface area (Å²) in [6, 6.07) is 0. The van der Waals surface area contributed by atoms with Crippen molar-refractivity contribution in [3.63, 3.8) is 0 Å². The molecule has 0 bridgehead atoms. The molecule has 1 spiro atoms. The quantitative estimate of drug-likeness (QED) is 0.573. The molecule has 12 heavy (non-hydrogen) atoms. The van der Waals surface area contributed by atoms with Gasteiger partial charge in [0.1, 0.15) is 0 Å². The van der Waals surface area contributed by atoms with Crippen LogP contribution in [0.4, 0.5) is 0 Å². The second-order valence-corrected chi connectivity index (χ2v) is 3.21. The van der Waals surface area contributed by atoms with Gasteiger partial charge in [0.2, 0.25) is 5.91 Å². The first-order valence-electron chi connectivity index (χ1n) is 4.40. The summed E-state index contributed by atoms with van der Waals surface area (Å²) in [4.78, 5) is 11.2. The lowest BCUT2D eigenvalue weighted by Crippen LogP contribution is -2.48. The average Bonchev–Trinajstić information content (AvgIpc) is 2.39. The molecule has 0 aromatic carbocycles. The third-order valence-corrected chi connectivity index (χ3v) is 2.24. The van der Waals surface area contributed by atoms with Gasteiger partial charge in [-0.2, -0.15) is 0 Å². The van der Waals surface area contributed by atoms with Crippen LogP contribution in [-0.4, -0.2) is 25.0 Å². The number of carbonyl (C=O) groups is 1. The van der Waals surface area contributed by atoms with Gasteiger partial charge in [-0.25, -0.2) is 0 Å².